The van der Waals surface area contributed by atoms with Gasteiger partial charge in [0.05, 0.1) is 18.4 Å². The number of phenolic OH excluding ortho intramolecular Hbond substituents is 1. The molecule has 17 heavy (non-hydrogen) atoms. The van der Waals surface area contributed by atoms with E-state index in [2.05, 4.69) is 0 Å². The summed E-state index contributed by atoms with van der Waals surface area (Å²) in [5.74, 6) is -0.852. The van der Waals surface area contributed by atoms with Crippen LogP contribution in [0.1, 0.15) is 5.56 Å². The van der Waals surface area contributed by atoms with E-state index in [0.717, 1.165) is 5.56 Å². The molecule has 1 aliphatic heterocycles. The molecule has 88 valence electrons. The molecule has 2 unspecified atom stereocenters. The van der Waals surface area contributed by atoms with Crippen LogP contribution in [0.2, 0.25) is 0 Å². The normalized spacial score (nSPS) is 30.6. The molecule has 1 aromatic carbocycles. The molecule has 2 aliphatic rings. The zero-order chi connectivity index (χ0) is 12.2. The first-order valence-corrected chi connectivity index (χ1v) is 5.48. The molecular formula is C12H12N2O3. The summed E-state index contributed by atoms with van der Waals surface area (Å²) >= 11 is 0. The van der Waals surface area contributed by atoms with Crippen molar-refractivity contribution in [3.05, 3.63) is 29.8 Å². The monoisotopic (exact) mass is 232 g/mol. The molecule has 1 aromatic rings. The SMILES string of the molecule is NC1C2C(=O)N(Cc3cccc(O)c3)C(=O)C12. The van der Waals surface area contributed by atoms with Gasteiger partial charge in [-0.15, -0.1) is 0 Å². The minimum Gasteiger partial charge on any atom is -0.508 e. The number of imide groups is 1. The van der Waals surface area contributed by atoms with E-state index in [9.17, 15) is 14.7 Å². The average Bonchev–Trinajstić information content (AvgIpc) is 2.88. The number of likely N-dealkylation sites (tertiary alicyclic amines) is 1. The fourth-order valence-electron chi connectivity index (χ4n) is 2.43. The highest BCUT2D eigenvalue weighted by molar-refractivity contribution is 6.10. The van der Waals surface area contributed by atoms with Crippen molar-refractivity contribution in [1.29, 1.82) is 0 Å². The molecule has 1 saturated heterocycles. The van der Waals surface area contributed by atoms with Gasteiger partial charge in [-0.05, 0) is 17.7 Å². The molecule has 2 amide bonds. The van der Waals surface area contributed by atoms with Gasteiger partial charge >= 0.3 is 0 Å². The maximum atomic E-state index is 11.8. The minimum absolute atomic E-state index is 0.128. The number of piperidine rings is 1. The summed E-state index contributed by atoms with van der Waals surface area (Å²) in [5.41, 5.74) is 6.36. The predicted octanol–water partition coefficient (Wildman–Crippen LogP) is -0.166. The highest BCUT2D eigenvalue weighted by Gasteiger charge is 2.65. The number of nitrogens with two attached hydrogens (primary N) is 1. The largest absolute Gasteiger partial charge is 0.508 e. The Bertz CT molecular complexity index is 492. The number of hydrogen-bond acceptors (Lipinski definition) is 4. The standard InChI is InChI=1S/C12H12N2O3/c13-10-8-9(10)12(17)14(11(8)16)5-6-2-1-3-7(15)4-6/h1-4,8-10,15H,5,13H2. The molecular weight excluding hydrogens is 220 g/mol. The number of benzene rings is 1. The summed E-state index contributed by atoms with van der Waals surface area (Å²) in [6, 6.07) is 6.26. The number of hydrogen-bond donors (Lipinski definition) is 2. The maximum Gasteiger partial charge on any atom is 0.235 e. The zero-order valence-corrected chi connectivity index (χ0v) is 9.04. The highest BCUT2D eigenvalue weighted by Crippen LogP contribution is 2.46. The lowest BCUT2D eigenvalue weighted by molar-refractivity contribution is -0.142. The van der Waals surface area contributed by atoms with Crippen LogP contribution in [0, 0.1) is 11.8 Å². The van der Waals surface area contributed by atoms with Gasteiger partial charge in [-0.3, -0.25) is 14.5 Å². The van der Waals surface area contributed by atoms with E-state index in [0.29, 0.717) is 0 Å². The van der Waals surface area contributed by atoms with Crippen LogP contribution in [0.15, 0.2) is 24.3 Å². The first kappa shape index (κ1) is 10.3. The quantitative estimate of drug-likeness (QED) is 0.694. The van der Waals surface area contributed by atoms with Crippen molar-refractivity contribution < 1.29 is 14.7 Å². The number of amides is 2. The van der Waals surface area contributed by atoms with Crippen LogP contribution in [-0.4, -0.2) is 27.9 Å². The molecule has 2 atom stereocenters. The second kappa shape index (κ2) is 3.30. The van der Waals surface area contributed by atoms with Gasteiger partial charge in [-0.25, -0.2) is 0 Å². The van der Waals surface area contributed by atoms with Crippen molar-refractivity contribution in [3.8, 4) is 5.75 Å². The van der Waals surface area contributed by atoms with Crippen molar-refractivity contribution >= 4 is 11.8 Å². The van der Waals surface area contributed by atoms with Crippen molar-refractivity contribution in [2.45, 2.75) is 12.6 Å². The third kappa shape index (κ3) is 1.43. The Hall–Kier alpha value is -1.88. The number of aromatic hydroxyl groups is 1. The second-order valence-corrected chi connectivity index (χ2v) is 4.56. The third-order valence-electron chi connectivity index (χ3n) is 3.43. The van der Waals surface area contributed by atoms with Gasteiger partial charge in [0, 0.05) is 6.04 Å². The molecule has 5 heteroatoms. The van der Waals surface area contributed by atoms with Crippen LogP contribution < -0.4 is 5.73 Å². The summed E-state index contributed by atoms with van der Waals surface area (Å²) in [5, 5.41) is 9.31. The summed E-state index contributed by atoms with van der Waals surface area (Å²) in [6.45, 7) is 0.214. The second-order valence-electron chi connectivity index (χ2n) is 4.56. The summed E-state index contributed by atoms with van der Waals surface area (Å²) in [6.07, 6.45) is 0. The Morgan fingerprint density at radius 2 is 1.88 bits per heavy atom. The lowest BCUT2D eigenvalue weighted by Crippen LogP contribution is -2.36. The Labute approximate surface area is 97.8 Å². The molecule has 3 rings (SSSR count). The van der Waals surface area contributed by atoms with E-state index in [1.165, 1.54) is 4.90 Å². The lowest BCUT2D eigenvalue weighted by atomic mass is 10.2. The van der Waals surface area contributed by atoms with E-state index >= 15 is 0 Å². The molecule has 0 radical (unpaired) electrons. The lowest BCUT2D eigenvalue weighted by Gasteiger charge is -2.17. The number of phenols is 1. The Morgan fingerprint density at radius 1 is 1.24 bits per heavy atom. The number of fused-ring (bicyclic) bond motifs is 1. The van der Waals surface area contributed by atoms with Crippen molar-refractivity contribution in [2.24, 2.45) is 17.6 Å². The van der Waals surface area contributed by atoms with Crippen LogP contribution in [0.25, 0.3) is 0 Å². The molecule has 5 nitrogen and oxygen atoms in total. The van der Waals surface area contributed by atoms with Gasteiger partial charge in [-0.2, -0.15) is 0 Å². The Balaban J connectivity index is 1.79. The van der Waals surface area contributed by atoms with E-state index in [-0.39, 0.29) is 42.0 Å². The molecule has 0 aromatic heterocycles. The molecule has 1 saturated carbocycles. The topological polar surface area (TPSA) is 83.6 Å². The summed E-state index contributed by atoms with van der Waals surface area (Å²) in [7, 11) is 0. The van der Waals surface area contributed by atoms with Crippen LogP contribution in [0.3, 0.4) is 0 Å². The predicted molar refractivity (Wildman–Crippen MR) is 58.6 cm³/mol. The van der Waals surface area contributed by atoms with Crippen LogP contribution in [-0.2, 0) is 16.1 Å². The number of carbonyl (C=O) groups excluding carboxylic acids is 2. The minimum atomic E-state index is -0.306. The molecule has 3 N–H and O–H groups in total. The number of rotatable bonds is 2. The molecule has 2 fully saturated rings. The first-order valence-electron chi connectivity index (χ1n) is 5.48. The van der Waals surface area contributed by atoms with Gasteiger partial charge < -0.3 is 10.8 Å². The van der Waals surface area contributed by atoms with Gasteiger partial charge in [0.2, 0.25) is 11.8 Å². The number of carbonyl (C=O) groups is 2. The molecule has 0 bridgehead atoms. The zero-order valence-electron chi connectivity index (χ0n) is 9.04. The van der Waals surface area contributed by atoms with Crippen molar-refractivity contribution in [3.63, 3.8) is 0 Å². The van der Waals surface area contributed by atoms with Crippen molar-refractivity contribution in [1.82, 2.24) is 4.90 Å². The Kier molecular flexibility index (Phi) is 2.00. The average molecular weight is 232 g/mol. The molecule has 0 spiro atoms. The van der Waals surface area contributed by atoms with E-state index in [1.54, 1.807) is 24.3 Å². The highest BCUT2D eigenvalue weighted by atomic mass is 16.3. The Morgan fingerprint density at radius 3 is 2.47 bits per heavy atom. The van der Waals surface area contributed by atoms with E-state index < -0.39 is 0 Å². The van der Waals surface area contributed by atoms with E-state index in [4.69, 9.17) is 5.73 Å². The smallest absolute Gasteiger partial charge is 0.235 e. The number of nitrogens with zero attached hydrogens (tertiary/aromatic N) is 1. The molecule has 1 heterocycles. The van der Waals surface area contributed by atoms with Crippen LogP contribution in [0.4, 0.5) is 0 Å². The first-order chi connectivity index (χ1) is 8.09. The van der Waals surface area contributed by atoms with Crippen molar-refractivity contribution in [2.75, 3.05) is 0 Å². The van der Waals surface area contributed by atoms with Gasteiger partial charge in [-0.1, -0.05) is 12.1 Å². The van der Waals surface area contributed by atoms with Crippen LogP contribution >= 0.6 is 0 Å². The summed E-state index contributed by atoms with van der Waals surface area (Å²) < 4.78 is 0. The third-order valence-corrected chi connectivity index (χ3v) is 3.43. The van der Waals surface area contributed by atoms with Crippen LogP contribution in [0.5, 0.6) is 5.75 Å². The van der Waals surface area contributed by atoms with Gasteiger partial charge in [0.1, 0.15) is 5.75 Å². The van der Waals surface area contributed by atoms with Gasteiger partial charge in [0.15, 0.2) is 0 Å². The summed E-state index contributed by atoms with van der Waals surface area (Å²) in [4.78, 5) is 24.9. The fraction of sp³-hybridized carbons (Fsp3) is 0.333. The fourth-order valence-corrected chi connectivity index (χ4v) is 2.43. The maximum absolute atomic E-state index is 11.8. The van der Waals surface area contributed by atoms with E-state index in [1.807, 2.05) is 0 Å². The molecule has 1 aliphatic carbocycles. The van der Waals surface area contributed by atoms with Gasteiger partial charge in [0.25, 0.3) is 0 Å².